The zero-order valence-electron chi connectivity index (χ0n) is 15.4. The van der Waals surface area contributed by atoms with Crippen LogP contribution in [-0.4, -0.2) is 38.2 Å². The number of amides is 1. The second-order valence-corrected chi connectivity index (χ2v) is 7.51. The zero-order chi connectivity index (χ0) is 17.4. The number of nitrogens with zero attached hydrogens (tertiary/aromatic N) is 4. The van der Waals surface area contributed by atoms with Crippen molar-refractivity contribution >= 4 is 16.9 Å². The molecule has 1 saturated heterocycles. The van der Waals surface area contributed by atoms with E-state index in [4.69, 9.17) is 4.98 Å². The van der Waals surface area contributed by atoms with Gasteiger partial charge in [-0.25, -0.2) is 9.67 Å². The lowest BCUT2D eigenvalue weighted by molar-refractivity contribution is 0.0637. The average Bonchev–Trinajstić information content (AvgIpc) is 2.97. The Balaban J connectivity index is 2.13. The molecule has 1 aliphatic heterocycles. The van der Waals surface area contributed by atoms with Crippen molar-refractivity contribution in [3.8, 4) is 0 Å². The van der Waals surface area contributed by atoms with Gasteiger partial charge in [0.15, 0.2) is 5.65 Å². The molecular formula is C19H28N4O. The van der Waals surface area contributed by atoms with E-state index in [1.54, 1.807) is 6.20 Å². The van der Waals surface area contributed by atoms with E-state index in [9.17, 15) is 4.79 Å². The predicted molar refractivity (Wildman–Crippen MR) is 96.4 cm³/mol. The SMILES string of the molecule is CC(C)c1cc(C(=O)N2CCCCC2C)c2cnn(C(C)C)c2n1. The summed E-state index contributed by atoms with van der Waals surface area (Å²) in [7, 11) is 0. The van der Waals surface area contributed by atoms with Gasteiger partial charge in [-0.05, 0) is 52.0 Å². The summed E-state index contributed by atoms with van der Waals surface area (Å²) >= 11 is 0. The lowest BCUT2D eigenvalue weighted by Crippen LogP contribution is -2.42. The highest BCUT2D eigenvalue weighted by molar-refractivity contribution is 6.05. The molecule has 3 heterocycles. The van der Waals surface area contributed by atoms with Crippen LogP contribution in [0.25, 0.3) is 11.0 Å². The Morgan fingerprint density at radius 1 is 1.25 bits per heavy atom. The molecule has 0 bridgehead atoms. The Morgan fingerprint density at radius 3 is 2.62 bits per heavy atom. The second kappa shape index (κ2) is 6.54. The van der Waals surface area contributed by atoms with Crippen LogP contribution >= 0.6 is 0 Å². The first-order valence-electron chi connectivity index (χ1n) is 9.09. The highest BCUT2D eigenvalue weighted by Gasteiger charge is 2.27. The molecule has 1 amide bonds. The van der Waals surface area contributed by atoms with Gasteiger partial charge < -0.3 is 4.90 Å². The number of rotatable bonds is 3. The van der Waals surface area contributed by atoms with Gasteiger partial charge in [0, 0.05) is 24.3 Å². The van der Waals surface area contributed by atoms with Gasteiger partial charge in [-0.15, -0.1) is 0 Å². The van der Waals surface area contributed by atoms with Gasteiger partial charge in [0.25, 0.3) is 5.91 Å². The van der Waals surface area contributed by atoms with Gasteiger partial charge in [-0.2, -0.15) is 5.10 Å². The molecule has 130 valence electrons. The van der Waals surface area contributed by atoms with Crippen LogP contribution in [0.1, 0.15) is 81.9 Å². The minimum absolute atomic E-state index is 0.125. The monoisotopic (exact) mass is 328 g/mol. The van der Waals surface area contributed by atoms with Crippen molar-refractivity contribution in [2.24, 2.45) is 0 Å². The van der Waals surface area contributed by atoms with E-state index in [0.717, 1.165) is 41.7 Å². The third kappa shape index (κ3) is 2.92. The molecule has 0 aliphatic carbocycles. The fourth-order valence-electron chi connectivity index (χ4n) is 3.44. The molecule has 0 saturated carbocycles. The first kappa shape index (κ1) is 16.9. The summed E-state index contributed by atoms with van der Waals surface area (Å²) in [6.07, 6.45) is 5.18. The van der Waals surface area contributed by atoms with Crippen LogP contribution < -0.4 is 0 Å². The van der Waals surface area contributed by atoms with Gasteiger partial charge in [0.05, 0.1) is 17.1 Å². The molecule has 0 N–H and O–H groups in total. The predicted octanol–water partition coefficient (Wildman–Crippen LogP) is 4.15. The van der Waals surface area contributed by atoms with E-state index >= 15 is 0 Å². The Bertz CT molecular complexity index is 747. The van der Waals surface area contributed by atoms with Crippen molar-refractivity contribution in [2.75, 3.05) is 6.54 Å². The van der Waals surface area contributed by atoms with Crippen LogP contribution in [0.3, 0.4) is 0 Å². The number of hydrogen-bond acceptors (Lipinski definition) is 3. The molecule has 1 fully saturated rings. The van der Waals surface area contributed by atoms with Crippen molar-refractivity contribution < 1.29 is 4.79 Å². The zero-order valence-corrected chi connectivity index (χ0v) is 15.4. The molecule has 0 spiro atoms. The number of aromatic nitrogens is 3. The summed E-state index contributed by atoms with van der Waals surface area (Å²) in [6, 6.07) is 2.50. The fraction of sp³-hybridized carbons (Fsp3) is 0.632. The standard InChI is InChI=1S/C19H28N4O/c1-12(2)17-10-15(19(24)22-9-7-6-8-14(22)5)16-11-20-23(13(3)4)18(16)21-17/h10-14H,6-9H2,1-5H3. The lowest BCUT2D eigenvalue weighted by atomic mass is 10.00. The van der Waals surface area contributed by atoms with E-state index in [1.165, 1.54) is 6.42 Å². The highest BCUT2D eigenvalue weighted by Crippen LogP contribution is 2.27. The molecule has 2 aromatic heterocycles. The molecule has 0 aromatic carbocycles. The molecule has 1 unspecified atom stereocenters. The summed E-state index contributed by atoms with van der Waals surface area (Å²) < 4.78 is 1.91. The Kier molecular flexibility index (Phi) is 4.61. The summed E-state index contributed by atoms with van der Waals surface area (Å²) in [5.41, 5.74) is 2.53. The largest absolute Gasteiger partial charge is 0.336 e. The van der Waals surface area contributed by atoms with E-state index in [1.807, 2.05) is 15.6 Å². The molecule has 5 nitrogen and oxygen atoms in total. The van der Waals surface area contributed by atoms with Crippen molar-refractivity contribution in [3.63, 3.8) is 0 Å². The summed E-state index contributed by atoms with van der Waals surface area (Å²) in [6.45, 7) is 11.4. The topological polar surface area (TPSA) is 51.0 Å². The Hall–Kier alpha value is -1.91. The second-order valence-electron chi connectivity index (χ2n) is 7.51. The molecule has 3 rings (SSSR count). The van der Waals surface area contributed by atoms with Crippen molar-refractivity contribution in [2.45, 2.75) is 71.9 Å². The van der Waals surface area contributed by atoms with Crippen molar-refractivity contribution in [1.29, 1.82) is 0 Å². The average molecular weight is 328 g/mol. The normalized spacial score (nSPS) is 18.8. The Morgan fingerprint density at radius 2 is 2.00 bits per heavy atom. The van der Waals surface area contributed by atoms with Gasteiger partial charge >= 0.3 is 0 Å². The molecular weight excluding hydrogens is 300 g/mol. The smallest absolute Gasteiger partial charge is 0.254 e. The van der Waals surface area contributed by atoms with E-state index in [0.29, 0.717) is 6.04 Å². The molecule has 2 aromatic rings. The summed E-state index contributed by atoms with van der Waals surface area (Å²) in [5.74, 6) is 0.398. The number of carbonyl (C=O) groups is 1. The minimum Gasteiger partial charge on any atom is -0.336 e. The van der Waals surface area contributed by atoms with Crippen LogP contribution in [0.4, 0.5) is 0 Å². The maximum atomic E-state index is 13.2. The molecule has 24 heavy (non-hydrogen) atoms. The van der Waals surface area contributed by atoms with Gasteiger partial charge in [0.2, 0.25) is 0 Å². The minimum atomic E-state index is 0.125. The van der Waals surface area contributed by atoms with Crippen LogP contribution in [-0.2, 0) is 0 Å². The maximum absolute atomic E-state index is 13.2. The molecule has 5 heteroatoms. The number of fused-ring (bicyclic) bond motifs is 1. The van der Waals surface area contributed by atoms with E-state index < -0.39 is 0 Å². The van der Waals surface area contributed by atoms with Crippen LogP contribution in [0, 0.1) is 0 Å². The third-order valence-electron chi connectivity index (χ3n) is 4.96. The van der Waals surface area contributed by atoms with Gasteiger partial charge in [0.1, 0.15) is 0 Å². The van der Waals surface area contributed by atoms with Crippen molar-refractivity contribution in [1.82, 2.24) is 19.7 Å². The number of likely N-dealkylation sites (tertiary alicyclic amines) is 1. The van der Waals surface area contributed by atoms with E-state index in [2.05, 4.69) is 39.7 Å². The van der Waals surface area contributed by atoms with Crippen molar-refractivity contribution in [3.05, 3.63) is 23.5 Å². The first-order valence-corrected chi connectivity index (χ1v) is 9.09. The van der Waals surface area contributed by atoms with Crippen LogP contribution in [0.2, 0.25) is 0 Å². The third-order valence-corrected chi connectivity index (χ3v) is 4.96. The lowest BCUT2D eigenvalue weighted by Gasteiger charge is -2.33. The summed E-state index contributed by atoms with van der Waals surface area (Å²) in [5, 5.41) is 5.36. The molecule has 0 radical (unpaired) electrons. The van der Waals surface area contributed by atoms with Gasteiger partial charge in [-0.1, -0.05) is 13.8 Å². The number of pyridine rings is 1. The number of hydrogen-bond donors (Lipinski definition) is 0. The highest BCUT2D eigenvalue weighted by atomic mass is 16.2. The quantitative estimate of drug-likeness (QED) is 0.850. The molecule has 1 aliphatic rings. The molecule has 1 atom stereocenters. The Labute approximate surface area is 144 Å². The van der Waals surface area contributed by atoms with E-state index in [-0.39, 0.29) is 17.9 Å². The van der Waals surface area contributed by atoms with Gasteiger partial charge in [-0.3, -0.25) is 4.79 Å². The first-order chi connectivity index (χ1) is 11.4. The van der Waals surface area contributed by atoms with Crippen LogP contribution in [0.5, 0.6) is 0 Å². The number of carbonyl (C=O) groups excluding carboxylic acids is 1. The maximum Gasteiger partial charge on any atom is 0.254 e. The van der Waals surface area contributed by atoms with Crippen LogP contribution in [0.15, 0.2) is 12.3 Å². The number of piperidine rings is 1. The fourth-order valence-corrected chi connectivity index (χ4v) is 3.44. The summed E-state index contributed by atoms with van der Waals surface area (Å²) in [4.78, 5) is 20.1.